The molecule has 0 bridgehead atoms. The molecule has 0 amide bonds. The third kappa shape index (κ3) is 1.31. The fraction of sp³-hybridized carbons (Fsp3) is 0.222. The number of hydrogen-bond acceptors (Lipinski definition) is 2. The number of fused-ring (bicyclic) bond motifs is 1. The third-order valence-corrected chi connectivity index (χ3v) is 2.55. The summed E-state index contributed by atoms with van der Waals surface area (Å²) in [4.78, 5) is 4.32. The van der Waals surface area contributed by atoms with Crippen LogP contribution in [0.25, 0.3) is 11.0 Å². The van der Waals surface area contributed by atoms with Crippen molar-refractivity contribution in [2.24, 2.45) is 7.05 Å². The average molecular weight is 241 g/mol. The summed E-state index contributed by atoms with van der Waals surface area (Å²) in [5.74, 6) is 0.638. The lowest BCUT2D eigenvalue weighted by Gasteiger charge is -1.98. The predicted molar refractivity (Wildman–Crippen MR) is 55.0 cm³/mol. The Morgan fingerprint density at radius 1 is 1.46 bits per heavy atom. The van der Waals surface area contributed by atoms with Crippen LogP contribution in [0.4, 0.5) is 0 Å². The van der Waals surface area contributed by atoms with Crippen LogP contribution < -0.4 is 4.74 Å². The van der Waals surface area contributed by atoms with Crippen molar-refractivity contribution >= 4 is 27.0 Å². The monoisotopic (exact) mass is 240 g/mol. The first-order chi connectivity index (χ1) is 6.22. The lowest BCUT2D eigenvalue weighted by atomic mass is 10.4. The molecule has 68 valence electrons. The highest BCUT2D eigenvalue weighted by atomic mass is 79.9. The number of rotatable bonds is 1. The zero-order valence-electron chi connectivity index (χ0n) is 7.41. The summed E-state index contributed by atoms with van der Waals surface area (Å²) in [7, 11) is 3.60. The molecule has 2 aromatic heterocycles. The highest BCUT2D eigenvalue weighted by Crippen LogP contribution is 2.25. The number of nitrogens with zero attached hydrogens (tertiary/aromatic N) is 2. The van der Waals surface area contributed by atoms with Gasteiger partial charge in [0, 0.05) is 19.3 Å². The normalized spacial score (nSPS) is 10.7. The van der Waals surface area contributed by atoms with Gasteiger partial charge in [-0.2, -0.15) is 0 Å². The maximum absolute atomic E-state index is 5.05. The van der Waals surface area contributed by atoms with Gasteiger partial charge in [-0.25, -0.2) is 4.98 Å². The van der Waals surface area contributed by atoms with E-state index in [0.717, 1.165) is 15.5 Å². The highest BCUT2D eigenvalue weighted by molar-refractivity contribution is 9.10. The third-order valence-electron chi connectivity index (χ3n) is 1.97. The fourth-order valence-corrected chi connectivity index (χ4v) is 1.91. The Balaban J connectivity index is 2.76. The Morgan fingerprint density at radius 2 is 2.23 bits per heavy atom. The quantitative estimate of drug-likeness (QED) is 0.766. The summed E-state index contributed by atoms with van der Waals surface area (Å²) in [6.45, 7) is 0. The van der Waals surface area contributed by atoms with E-state index in [0.29, 0.717) is 5.88 Å². The topological polar surface area (TPSA) is 27.1 Å². The standard InChI is InChI=1S/C9H9BrN2O/c1-12-5-6(10)9-7(12)3-4-8(11-9)13-2/h3-5H,1-2H3. The van der Waals surface area contributed by atoms with Crippen molar-refractivity contribution < 1.29 is 4.74 Å². The zero-order chi connectivity index (χ0) is 9.42. The summed E-state index contributed by atoms with van der Waals surface area (Å²) >= 11 is 3.44. The van der Waals surface area contributed by atoms with E-state index in [1.807, 2.05) is 29.9 Å². The Hall–Kier alpha value is -1.03. The number of ether oxygens (including phenoxy) is 1. The van der Waals surface area contributed by atoms with Gasteiger partial charge in [-0.15, -0.1) is 0 Å². The zero-order valence-corrected chi connectivity index (χ0v) is 9.00. The maximum atomic E-state index is 5.05. The van der Waals surface area contributed by atoms with Crippen molar-refractivity contribution in [2.45, 2.75) is 0 Å². The number of methoxy groups -OCH3 is 1. The summed E-state index contributed by atoms with van der Waals surface area (Å²) in [5.41, 5.74) is 2.02. The first-order valence-electron chi connectivity index (χ1n) is 3.88. The second-order valence-electron chi connectivity index (χ2n) is 2.81. The molecule has 0 radical (unpaired) electrons. The molecule has 0 spiro atoms. The molecule has 2 aromatic rings. The molecular formula is C9H9BrN2O. The van der Waals surface area contributed by atoms with Crippen LogP contribution in [-0.2, 0) is 7.05 Å². The molecule has 4 heteroatoms. The minimum absolute atomic E-state index is 0.638. The minimum Gasteiger partial charge on any atom is -0.481 e. The second kappa shape index (κ2) is 3.03. The van der Waals surface area contributed by atoms with Crippen molar-refractivity contribution in [1.29, 1.82) is 0 Å². The van der Waals surface area contributed by atoms with Gasteiger partial charge in [0.1, 0.15) is 5.52 Å². The highest BCUT2D eigenvalue weighted by Gasteiger charge is 2.06. The van der Waals surface area contributed by atoms with E-state index in [4.69, 9.17) is 4.74 Å². The van der Waals surface area contributed by atoms with Crippen LogP contribution in [0.2, 0.25) is 0 Å². The van der Waals surface area contributed by atoms with Crippen LogP contribution in [0.1, 0.15) is 0 Å². The lowest BCUT2D eigenvalue weighted by Crippen LogP contribution is -1.88. The summed E-state index contributed by atoms with van der Waals surface area (Å²) < 4.78 is 8.05. The Labute approximate surface area is 84.5 Å². The van der Waals surface area contributed by atoms with Gasteiger partial charge in [0.15, 0.2) is 0 Å². The van der Waals surface area contributed by atoms with E-state index in [-0.39, 0.29) is 0 Å². The molecule has 0 aliphatic rings. The molecule has 0 N–H and O–H groups in total. The van der Waals surface area contributed by atoms with Crippen LogP contribution in [0, 0.1) is 0 Å². The van der Waals surface area contributed by atoms with E-state index >= 15 is 0 Å². The Bertz CT molecular complexity index is 450. The summed E-state index contributed by atoms with van der Waals surface area (Å²) in [6.07, 6.45) is 1.98. The van der Waals surface area contributed by atoms with Crippen molar-refractivity contribution in [3.63, 3.8) is 0 Å². The smallest absolute Gasteiger partial charge is 0.213 e. The first kappa shape index (κ1) is 8.56. The van der Waals surface area contributed by atoms with Crippen molar-refractivity contribution in [3.8, 4) is 5.88 Å². The van der Waals surface area contributed by atoms with Crippen molar-refractivity contribution in [3.05, 3.63) is 22.8 Å². The minimum atomic E-state index is 0.638. The molecule has 0 fully saturated rings. The predicted octanol–water partition coefficient (Wildman–Crippen LogP) is 2.34. The molecule has 0 atom stereocenters. The van der Waals surface area contributed by atoms with Gasteiger partial charge in [-0.3, -0.25) is 0 Å². The lowest BCUT2D eigenvalue weighted by molar-refractivity contribution is 0.399. The summed E-state index contributed by atoms with van der Waals surface area (Å²) in [6, 6.07) is 3.85. The van der Waals surface area contributed by atoms with E-state index in [1.165, 1.54) is 0 Å². The average Bonchev–Trinajstić information content (AvgIpc) is 2.42. The van der Waals surface area contributed by atoms with Gasteiger partial charge in [-0.1, -0.05) is 0 Å². The molecule has 0 aliphatic carbocycles. The Morgan fingerprint density at radius 3 is 2.92 bits per heavy atom. The molecule has 0 unspecified atom stereocenters. The maximum Gasteiger partial charge on any atom is 0.213 e. The van der Waals surface area contributed by atoms with Crippen LogP contribution in [-0.4, -0.2) is 16.7 Å². The van der Waals surface area contributed by atoms with E-state index in [9.17, 15) is 0 Å². The van der Waals surface area contributed by atoms with E-state index in [1.54, 1.807) is 7.11 Å². The van der Waals surface area contributed by atoms with Crippen LogP contribution in [0.15, 0.2) is 22.8 Å². The molecule has 2 rings (SSSR count). The molecule has 0 saturated carbocycles. The number of aromatic nitrogens is 2. The van der Waals surface area contributed by atoms with Crippen LogP contribution in [0.5, 0.6) is 5.88 Å². The van der Waals surface area contributed by atoms with E-state index in [2.05, 4.69) is 20.9 Å². The van der Waals surface area contributed by atoms with Crippen LogP contribution >= 0.6 is 15.9 Å². The second-order valence-corrected chi connectivity index (χ2v) is 3.66. The van der Waals surface area contributed by atoms with Gasteiger partial charge < -0.3 is 9.30 Å². The number of hydrogen-bond donors (Lipinski definition) is 0. The van der Waals surface area contributed by atoms with Crippen LogP contribution in [0.3, 0.4) is 0 Å². The SMILES string of the molecule is COc1ccc2c(n1)c(Br)cn2C. The van der Waals surface area contributed by atoms with Gasteiger partial charge in [0.25, 0.3) is 0 Å². The molecule has 0 aliphatic heterocycles. The number of halogens is 1. The Kier molecular flexibility index (Phi) is 2.00. The van der Waals surface area contributed by atoms with Gasteiger partial charge in [0.05, 0.1) is 17.1 Å². The molecule has 2 heterocycles. The van der Waals surface area contributed by atoms with Gasteiger partial charge >= 0.3 is 0 Å². The molecule has 3 nitrogen and oxygen atoms in total. The van der Waals surface area contributed by atoms with Gasteiger partial charge in [-0.05, 0) is 22.0 Å². The van der Waals surface area contributed by atoms with Crippen molar-refractivity contribution in [1.82, 2.24) is 9.55 Å². The summed E-state index contributed by atoms with van der Waals surface area (Å²) in [5, 5.41) is 0. The molecule has 0 aromatic carbocycles. The number of pyridine rings is 1. The van der Waals surface area contributed by atoms with Crippen molar-refractivity contribution in [2.75, 3.05) is 7.11 Å². The largest absolute Gasteiger partial charge is 0.481 e. The molecule has 0 saturated heterocycles. The molecule has 13 heavy (non-hydrogen) atoms. The molecular weight excluding hydrogens is 232 g/mol. The van der Waals surface area contributed by atoms with E-state index < -0.39 is 0 Å². The number of aryl methyl sites for hydroxylation is 1. The van der Waals surface area contributed by atoms with Gasteiger partial charge in [0.2, 0.25) is 5.88 Å². The first-order valence-corrected chi connectivity index (χ1v) is 4.67. The fourth-order valence-electron chi connectivity index (χ4n) is 1.31.